The zero-order valence-corrected chi connectivity index (χ0v) is 10.4. The molecule has 106 valence electrons. The molecule has 19 heavy (non-hydrogen) atoms. The molecule has 2 rings (SSSR count). The topological polar surface area (TPSA) is 61.6 Å². The van der Waals surface area contributed by atoms with Crippen LogP contribution in [-0.4, -0.2) is 63.2 Å². The number of carboxylic acids is 1. The first kappa shape index (κ1) is 13.9. The zero-order chi connectivity index (χ0) is 13.8. The molecule has 0 unspecified atom stereocenters. The van der Waals surface area contributed by atoms with Crippen molar-refractivity contribution in [2.24, 2.45) is 0 Å². The fraction of sp³-hybridized carbons (Fsp3) is 0.636. The molecule has 0 amide bonds. The highest BCUT2D eigenvalue weighted by Crippen LogP contribution is 2.14. The molecule has 1 aliphatic rings. The highest BCUT2D eigenvalue weighted by atomic mass is 19.3. The molecule has 1 aliphatic heterocycles. The zero-order valence-electron chi connectivity index (χ0n) is 10.4. The third-order valence-corrected chi connectivity index (χ3v) is 3.15. The number of hydrogen-bond donors (Lipinski definition) is 1. The maximum Gasteiger partial charge on any atom is 0.319 e. The molecular formula is C11H16F2N4O2. The second-order valence-electron chi connectivity index (χ2n) is 4.47. The summed E-state index contributed by atoms with van der Waals surface area (Å²) in [5, 5.41) is 8.68. The first-order valence-electron chi connectivity index (χ1n) is 6.02. The Kier molecular flexibility index (Phi) is 4.43. The van der Waals surface area contributed by atoms with E-state index in [-0.39, 0.29) is 6.54 Å². The van der Waals surface area contributed by atoms with Gasteiger partial charge in [-0.05, 0) is 0 Å². The molecule has 0 bridgehead atoms. The molecule has 1 saturated heterocycles. The summed E-state index contributed by atoms with van der Waals surface area (Å²) in [6.07, 6.45) is 2.63. The van der Waals surface area contributed by atoms with E-state index in [1.54, 1.807) is 0 Å². The summed E-state index contributed by atoms with van der Waals surface area (Å²) >= 11 is 0. The summed E-state index contributed by atoms with van der Waals surface area (Å²) in [7, 11) is 0. The average Bonchev–Trinajstić information content (AvgIpc) is 2.79. The van der Waals surface area contributed by atoms with Gasteiger partial charge in [0.25, 0.3) is 0 Å². The lowest BCUT2D eigenvalue weighted by Crippen LogP contribution is -2.47. The number of carbonyl (C=O) groups is 1. The number of nitrogens with zero attached hydrogens (tertiary/aromatic N) is 4. The van der Waals surface area contributed by atoms with Gasteiger partial charge in [-0.2, -0.15) is 8.78 Å². The Hall–Kier alpha value is -1.54. The molecule has 0 aromatic carbocycles. The van der Waals surface area contributed by atoms with Crippen molar-refractivity contribution >= 4 is 5.97 Å². The van der Waals surface area contributed by atoms with Crippen LogP contribution >= 0.6 is 0 Å². The second-order valence-corrected chi connectivity index (χ2v) is 4.47. The highest BCUT2D eigenvalue weighted by molar-refractivity contribution is 5.69. The van der Waals surface area contributed by atoms with Crippen LogP contribution in [0.25, 0.3) is 0 Å². The van der Waals surface area contributed by atoms with E-state index in [1.165, 1.54) is 12.4 Å². The Morgan fingerprint density at radius 3 is 2.53 bits per heavy atom. The van der Waals surface area contributed by atoms with Gasteiger partial charge < -0.3 is 5.11 Å². The summed E-state index contributed by atoms with van der Waals surface area (Å²) in [6, 6.07) is 0. The van der Waals surface area contributed by atoms with Gasteiger partial charge in [0.05, 0.1) is 13.1 Å². The molecule has 8 heteroatoms. The summed E-state index contributed by atoms with van der Waals surface area (Å²) in [4.78, 5) is 18.3. The summed E-state index contributed by atoms with van der Waals surface area (Å²) < 4.78 is 26.2. The number of carboxylic acid groups (broad SMARTS) is 1. The molecular weight excluding hydrogens is 258 g/mol. The predicted octanol–water partition coefficient (Wildman–Crippen LogP) is 0.480. The summed E-state index contributed by atoms with van der Waals surface area (Å²) in [5.74, 6) is -0.511. The van der Waals surface area contributed by atoms with Crippen molar-refractivity contribution in [2.75, 3.05) is 32.7 Å². The third kappa shape index (κ3) is 3.71. The third-order valence-electron chi connectivity index (χ3n) is 3.15. The first-order valence-corrected chi connectivity index (χ1v) is 6.02. The highest BCUT2D eigenvalue weighted by Gasteiger charge is 2.21. The fourth-order valence-corrected chi connectivity index (χ4v) is 2.14. The largest absolute Gasteiger partial charge is 0.480 e. The Morgan fingerprint density at radius 1 is 1.32 bits per heavy atom. The average molecular weight is 274 g/mol. The van der Waals surface area contributed by atoms with Crippen LogP contribution in [0.2, 0.25) is 0 Å². The minimum Gasteiger partial charge on any atom is -0.480 e. The van der Waals surface area contributed by atoms with Gasteiger partial charge in [-0.25, -0.2) is 4.98 Å². The van der Waals surface area contributed by atoms with Crippen LogP contribution in [0.1, 0.15) is 12.4 Å². The molecule has 1 N–H and O–H groups in total. The standard InChI is InChI=1S/C11H16F2N4O2/c12-11(13)17-2-1-14-9(17)7-15-3-5-16(6-4-15)8-10(18)19/h1-2,11H,3-8H2,(H,18,19). The van der Waals surface area contributed by atoms with Crippen LogP contribution in [0.4, 0.5) is 8.78 Å². The van der Waals surface area contributed by atoms with Crippen LogP contribution in [0.5, 0.6) is 0 Å². The van der Waals surface area contributed by atoms with Crippen LogP contribution in [0, 0.1) is 0 Å². The lowest BCUT2D eigenvalue weighted by atomic mass is 10.3. The lowest BCUT2D eigenvalue weighted by molar-refractivity contribution is -0.138. The Morgan fingerprint density at radius 2 is 1.95 bits per heavy atom. The number of rotatable bonds is 5. The maximum atomic E-state index is 12.7. The van der Waals surface area contributed by atoms with E-state index < -0.39 is 12.5 Å². The SMILES string of the molecule is O=C(O)CN1CCN(Cc2nccn2C(F)F)CC1. The Bertz CT molecular complexity index is 430. The van der Waals surface area contributed by atoms with Crippen molar-refractivity contribution in [3.05, 3.63) is 18.2 Å². The van der Waals surface area contributed by atoms with E-state index in [0.29, 0.717) is 38.5 Å². The molecule has 6 nitrogen and oxygen atoms in total. The van der Waals surface area contributed by atoms with E-state index in [1.807, 2.05) is 9.80 Å². The smallest absolute Gasteiger partial charge is 0.319 e. The first-order chi connectivity index (χ1) is 9.06. The van der Waals surface area contributed by atoms with Gasteiger partial charge >= 0.3 is 12.5 Å². The van der Waals surface area contributed by atoms with Crippen LogP contribution in [0.15, 0.2) is 12.4 Å². The number of aliphatic carboxylic acids is 1. The molecule has 0 atom stereocenters. The summed E-state index contributed by atoms with van der Waals surface area (Å²) in [5.41, 5.74) is 0. The van der Waals surface area contributed by atoms with Crippen molar-refractivity contribution in [3.8, 4) is 0 Å². The van der Waals surface area contributed by atoms with Crippen LogP contribution in [-0.2, 0) is 11.3 Å². The Balaban J connectivity index is 1.85. The number of aromatic nitrogens is 2. The molecule has 0 radical (unpaired) electrons. The molecule has 1 fully saturated rings. The van der Waals surface area contributed by atoms with Gasteiger partial charge in [0, 0.05) is 38.6 Å². The van der Waals surface area contributed by atoms with Crippen molar-refractivity contribution < 1.29 is 18.7 Å². The minimum atomic E-state index is -2.58. The van der Waals surface area contributed by atoms with Gasteiger partial charge in [-0.15, -0.1) is 0 Å². The van der Waals surface area contributed by atoms with Gasteiger partial charge in [0.2, 0.25) is 0 Å². The van der Waals surface area contributed by atoms with Crippen molar-refractivity contribution in [1.29, 1.82) is 0 Å². The van der Waals surface area contributed by atoms with Gasteiger partial charge in [0.15, 0.2) is 0 Å². The lowest BCUT2D eigenvalue weighted by Gasteiger charge is -2.33. The van der Waals surface area contributed by atoms with Crippen molar-refractivity contribution in [1.82, 2.24) is 19.4 Å². The van der Waals surface area contributed by atoms with Gasteiger partial charge in [-0.3, -0.25) is 19.2 Å². The van der Waals surface area contributed by atoms with E-state index in [4.69, 9.17) is 5.11 Å². The molecule has 0 spiro atoms. The number of imidazole rings is 1. The monoisotopic (exact) mass is 274 g/mol. The van der Waals surface area contributed by atoms with Gasteiger partial charge in [-0.1, -0.05) is 0 Å². The molecule has 1 aromatic rings. The molecule has 1 aromatic heterocycles. The predicted molar refractivity (Wildman–Crippen MR) is 62.8 cm³/mol. The van der Waals surface area contributed by atoms with Gasteiger partial charge in [0.1, 0.15) is 5.82 Å². The quantitative estimate of drug-likeness (QED) is 0.846. The van der Waals surface area contributed by atoms with E-state index >= 15 is 0 Å². The molecule has 2 heterocycles. The number of alkyl halides is 2. The molecule has 0 saturated carbocycles. The number of hydrogen-bond acceptors (Lipinski definition) is 4. The van der Waals surface area contributed by atoms with E-state index in [2.05, 4.69) is 4.98 Å². The molecule has 0 aliphatic carbocycles. The fourth-order valence-electron chi connectivity index (χ4n) is 2.14. The second kappa shape index (κ2) is 6.07. The number of piperazine rings is 1. The Labute approximate surface area is 109 Å². The van der Waals surface area contributed by atoms with Crippen molar-refractivity contribution in [3.63, 3.8) is 0 Å². The van der Waals surface area contributed by atoms with Crippen LogP contribution < -0.4 is 0 Å². The maximum absolute atomic E-state index is 12.7. The normalized spacial score (nSPS) is 18.1. The van der Waals surface area contributed by atoms with Crippen molar-refractivity contribution in [2.45, 2.75) is 13.1 Å². The van der Waals surface area contributed by atoms with E-state index in [0.717, 1.165) is 4.57 Å². The van der Waals surface area contributed by atoms with E-state index in [9.17, 15) is 13.6 Å². The number of halogens is 2. The minimum absolute atomic E-state index is 0.0273. The van der Waals surface area contributed by atoms with Crippen LogP contribution in [0.3, 0.4) is 0 Å². The summed E-state index contributed by atoms with van der Waals surface area (Å²) in [6.45, 7) is 0.374.